The van der Waals surface area contributed by atoms with Crippen molar-refractivity contribution in [1.29, 1.82) is 0 Å². The van der Waals surface area contributed by atoms with Gasteiger partial charge in [0, 0.05) is 24.3 Å². The molecule has 0 radical (unpaired) electrons. The van der Waals surface area contributed by atoms with Gasteiger partial charge < -0.3 is 14.9 Å². The predicted molar refractivity (Wildman–Crippen MR) is 83.2 cm³/mol. The van der Waals surface area contributed by atoms with E-state index >= 15 is 0 Å². The summed E-state index contributed by atoms with van der Waals surface area (Å²) in [6, 6.07) is 15.7. The van der Waals surface area contributed by atoms with E-state index in [0.717, 1.165) is 33.8 Å². The topological polar surface area (TPSA) is 49.7 Å². The van der Waals surface area contributed by atoms with Crippen molar-refractivity contribution >= 4 is 11.1 Å². The Morgan fingerprint density at radius 2 is 1.10 bits per heavy atom. The standard InChI is InChI=1S/C18H18O3/c19-11-9-13-14(10-12-20)16-6-2-4-8-18(16)21-17-7-3-1-5-15(13)17/h1-8,19-20H,9-12H2. The van der Waals surface area contributed by atoms with Crippen LogP contribution in [0.15, 0.2) is 48.5 Å². The Kier molecular flexibility index (Phi) is 4.04. The second-order valence-corrected chi connectivity index (χ2v) is 5.00. The second-order valence-electron chi connectivity index (χ2n) is 5.00. The molecule has 21 heavy (non-hydrogen) atoms. The molecule has 0 saturated carbocycles. The van der Waals surface area contributed by atoms with Crippen molar-refractivity contribution in [2.24, 2.45) is 0 Å². The third-order valence-electron chi connectivity index (χ3n) is 3.73. The smallest absolute Gasteiger partial charge is 0.134 e. The van der Waals surface area contributed by atoms with Crippen molar-refractivity contribution in [3.8, 4) is 11.5 Å². The van der Waals surface area contributed by atoms with Crippen LogP contribution in [0.1, 0.15) is 24.0 Å². The van der Waals surface area contributed by atoms with Crippen LogP contribution in [0.3, 0.4) is 0 Å². The van der Waals surface area contributed by atoms with Crippen molar-refractivity contribution in [3.05, 3.63) is 59.7 Å². The molecule has 0 unspecified atom stereocenters. The Morgan fingerprint density at radius 1 is 0.667 bits per heavy atom. The van der Waals surface area contributed by atoms with E-state index in [9.17, 15) is 10.2 Å². The fourth-order valence-electron chi connectivity index (χ4n) is 2.85. The quantitative estimate of drug-likeness (QED) is 0.902. The number of para-hydroxylation sites is 2. The zero-order valence-electron chi connectivity index (χ0n) is 11.7. The minimum absolute atomic E-state index is 0.0702. The molecule has 0 atom stereocenters. The van der Waals surface area contributed by atoms with Crippen LogP contribution >= 0.6 is 0 Å². The van der Waals surface area contributed by atoms with Crippen LogP contribution in [0.4, 0.5) is 0 Å². The molecule has 0 saturated heterocycles. The van der Waals surface area contributed by atoms with E-state index in [2.05, 4.69) is 0 Å². The molecule has 0 fully saturated rings. The molecule has 0 aromatic heterocycles. The van der Waals surface area contributed by atoms with E-state index in [1.54, 1.807) is 0 Å². The fraction of sp³-hybridized carbons (Fsp3) is 0.222. The molecule has 2 aromatic rings. The summed E-state index contributed by atoms with van der Waals surface area (Å²) in [4.78, 5) is 0. The summed E-state index contributed by atoms with van der Waals surface area (Å²) < 4.78 is 6.05. The van der Waals surface area contributed by atoms with E-state index in [1.807, 2.05) is 48.5 Å². The highest BCUT2D eigenvalue weighted by atomic mass is 16.5. The Balaban J connectivity index is 2.28. The Bertz CT molecular complexity index is 616. The Labute approximate surface area is 124 Å². The van der Waals surface area contributed by atoms with Crippen LogP contribution in [-0.2, 0) is 0 Å². The van der Waals surface area contributed by atoms with Gasteiger partial charge in [0.1, 0.15) is 11.5 Å². The Morgan fingerprint density at radius 3 is 1.52 bits per heavy atom. The monoisotopic (exact) mass is 282 g/mol. The van der Waals surface area contributed by atoms with Gasteiger partial charge in [0.15, 0.2) is 0 Å². The van der Waals surface area contributed by atoms with Crippen LogP contribution in [0.2, 0.25) is 0 Å². The van der Waals surface area contributed by atoms with Gasteiger partial charge in [-0.05, 0) is 36.1 Å². The summed E-state index contributed by atoms with van der Waals surface area (Å²) in [6.45, 7) is 0.140. The van der Waals surface area contributed by atoms with Crippen molar-refractivity contribution in [2.45, 2.75) is 12.8 Å². The normalized spacial score (nSPS) is 13.2. The zero-order valence-corrected chi connectivity index (χ0v) is 11.7. The summed E-state index contributed by atoms with van der Waals surface area (Å²) in [5.41, 5.74) is 4.08. The number of hydrogen-bond acceptors (Lipinski definition) is 3. The van der Waals surface area contributed by atoms with Gasteiger partial charge >= 0.3 is 0 Å². The van der Waals surface area contributed by atoms with Gasteiger partial charge in [0.05, 0.1) is 0 Å². The highest BCUT2D eigenvalue weighted by Gasteiger charge is 2.21. The van der Waals surface area contributed by atoms with Gasteiger partial charge in [-0.15, -0.1) is 0 Å². The maximum absolute atomic E-state index is 9.43. The minimum atomic E-state index is 0.0702. The van der Waals surface area contributed by atoms with E-state index < -0.39 is 0 Å². The lowest BCUT2D eigenvalue weighted by atomic mass is 9.91. The molecular weight excluding hydrogens is 264 g/mol. The molecule has 2 N–H and O–H groups in total. The van der Waals surface area contributed by atoms with E-state index in [0.29, 0.717) is 12.8 Å². The lowest BCUT2D eigenvalue weighted by Gasteiger charge is -2.13. The molecule has 1 aliphatic rings. The summed E-state index contributed by atoms with van der Waals surface area (Å²) in [6.07, 6.45) is 1.09. The first kappa shape index (κ1) is 13.9. The van der Waals surface area contributed by atoms with Crippen LogP contribution in [0.25, 0.3) is 11.1 Å². The molecule has 0 aliphatic carbocycles. The van der Waals surface area contributed by atoms with Gasteiger partial charge in [-0.1, -0.05) is 36.4 Å². The van der Waals surface area contributed by atoms with E-state index in [1.165, 1.54) is 0 Å². The van der Waals surface area contributed by atoms with Gasteiger partial charge in [-0.2, -0.15) is 0 Å². The molecule has 108 valence electrons. The highest BCUT2D eigenvalue weighted by Crippen LogP contribution is 2.44. The van der Waals surface area contributed by atoms with Crippen molar-refractivity contribution in [1.82, 2.24) is 0 Å². The lowest BCUT2D eigenvalue weighted by Crippen LogP contribution is -1.96. The third kappa shape index (κ3) is 2.58. The number of fused-ring (bicyclic) bond motifs is 2. The SMILES string of the molecule is OCCC1=C(CCO)c2ccccc2Oc2ccccc21. The summed E-state index contributed by atoms with van der Waals surface area (Å²) in [5.74, 6) is 1.59. The predicted octanol–water partition coefficient (Wildman–Crippen LogP) is 3.47. The average Bonchev–Trinajstić information content (AvgIpc) is 2.64. The molecule has 3 nitrogen and oxygen atoms in total. The molecule has 1 heterocycles. The first-order valence-corrected chi connectivity index (χ1v) is 7.15. The van der Waals surface area contributed by atoms with Crippen LogP contribution in [0, 0.1) is 0 Å². The van der Waals surface area contributed by atoms with Gasteiger partial charge in [-0.25, -0.2) is 0 Å². The first-order valence-electron chi connectivity index (χ1n) is 7.15. The molecule has 2 aromatic carbocycles. The molecule has 3 heteroatoms. The van der Waals surface area contributed by atoms with Gasteiger partial charge in [0.25, 0.3) is 0 Å². The number of aliphatic hydroxyl groups is 2. The first-order chi connectivity index (χ1) is 10.3. The third-order valence-corrected chi connectivity index (χ3v) is 3.73. The van der Waals surface area contributed by atoms with Crippen LogP contribution < -0.4 is 4.74 Å². The van der Waals surface area contributed by atoms with Crippen LogP contribution in [-0.4, -0.2) is 23.4 Å². The molecule has 3 rings (SSSR count). The van der Waals surface area contributed by atoms with Gasteiger partial charge in [-0.3, -0.25) is 0 Å². The van der Waals surface area contributed by atoms with Crippen molar-refractivity contribution < 1.29 is 14.9 Å². The zero-order chi connectivity index (χ0) is 14.7. The average molecular weight is 282 g/mol. The number of ether oxygens (including phenoxy) is 1. The van der Waals surface area contributed by atoms with Crippen LogP contribution in [0.5, 0.6) is 11.5 Å². The number of hydrogen-bond donors (Lipinski definition) is 2. The summed E-state index contributed by atoms with van der Waals surface area (Å²) >= 11 is 0. The number of benzene rings is 2. The maximum atomic E-state index is 9.43. The van der Waals surface area contributed by atoms with E-state index in [-0.39, 0.29) is 13.2 Å². The minimum Gasteiger partial charge on any atom is -0.456 e. The maximum Gasteiger partial charge on any atom is 0.134 e. The molecule has 0 spiro atoms. The molecule has 0 bridgehead atoms. The fourth-order valence-corrected chi connectivity index (χ4v) is 2.85. The summed E-state index contributed by atoms with van der Waals surface area (Å²) in [5, 5.41) is 18.9. The van der Waals surface area contributed by atoms with Gasteiger partial charge in [0.2, 0.25) is 0 Å². The second kappa shape index (κ2) is 6.12. The van der Waals surface area contributed by atoms with Crippen molar-refractivity contribution in [3.63, 3.8) is 0 Å². The summed E-state index contributed by atoms with van der Waals surface area (Å²) in [7, 11) is 0. The molecular formula is C18H18O3. The molecule has 0 amide bonds. The van der Waals surface area contributed by atoms with E-state index in [4.69, 9.17) is 4.74 Å². The highest BCUT2D eigenvalue weighted by molar-refractivity contribution is 5.95. The Hall–Kier alpha value is -2.10. The van der Waals surface area contributed by atoms with Crippen molar-refractivity contribution in [2.75, 3.05) is 13.2 Å². The largest absolute Gasteiger partial charge is 0.456 e. The number of rotatable bonds is 4. The lowest BCUT2D eigenvalue weighted by molar-refractivity contribution is 0.301. The molecule has 1 aliphatic heterocycles. The number of aliphatic hydroxyl groups excluding tert-OH is 2.